The molecule has 2 aromatic carbocycles. The highest BCUT2D eigenvalue weighted by Gasteiger charge is 2.29. The van der Waals surface area contributed by atoms with E-state index in [4.69, 9.17) is 14.7 Å². The summed E-state index contributed by atoms with van der Waals surface area (Å²) in [5.41, 5.74) is 6.65. The van der Waals surface area contributed by atoms with Crippen LogP contribution in [0.3, 0.4) is 0 Å². The third-order valence-electron chi connectivity index (χ3n) is 6.46. The molecule has 34 heavy (non-hydrogen) atoms. The molecule has 4 bridgehead atoms. The molecule has 0 radical (unpaired) electrons. The van der Waals surface area contributed by atoms with Crippen LogP contribution in [0.25, 0.3) is 5.69 Å². The van der Waals surface area contributed by atoms with Crippen molar-refractivity contribution in [2.45, 2.75) is 38.5 Å². The number of fused-ring (bicyclic) bond motifs is 6. The smallest absolute Gasteiger partial charge is 0.227 e. The summed E-state index contributed by atoms with van der Waals surface area (Å²) < 4.78 is 7.85. The van der Waals surface area contributed by atoms with Crippen molar-refractivity contribution in [3.8, 4) is 11.4 Å². The van der Waals surface area contributed by atoms with E-state index < -0.39 is 0 Å². The molecule has 3 heterocycles. The van der Waals surface area contributed by atoms with Gasteiger partial charge in [0.1, 0.15) is 30.2 Å². The van der Waals surface area contributed by atoms with Crippen molar-refractivity contribution in [3.63, 3.8) is 0 Å². The molecular formula is C27H26N6O. The Kier molecular flexibility index (Phi) is 5.30. The van der Waals surface area contributed by atoms with Crippen LogP contribution in [0.4, 0.5) is 11.6 Å². The maximum Gasteiger partial charge on any atom is 0.227 e. The van der Waals surface area contributed by atoms with Gasteiger partial charge in [0, 0.05) is 23.4 Å². The molecule has 0 saturated heterocycles. The second-order valence-corrected chi connectivity index (χ2v) is 8.72. The van der Waals surface area contributed by atoms with Crippen LogP contribution in [0.2, 0.25) is 0 Å². The summed E-state index contributed by atoms with van der Waals surface area (Å²) in [5, 5.41) is 7.89. The predicted molar refractivity (Wildman–Crippen MR) is 131 cm³/mol. The molecule has 6 rings (SSSR count). The zero-order valence-electron chi connectivity index (χ0n) is 19.1. The van der Waals surface area contributed by atoms with Crippen molar-refractivity contribution >= 4 is 11.6 Å². The number of allylic oxidation sites excluding steroid dienone is 1. The molecule has 7 nitrogen and oxygen atoms in total. The lowest BCUT2D eigenvalue weighted by molar-refractivity contribution is 0.360. The Morgan fingerprint density at radius 1 is 1.03 bits per heavy atom. The Bertz CT molecular complexity index is 1360. The first-order valence-electron chi connectivity index (χ1n) is 11.8. The maximum absolute atomic E-state index is 6.11. The lowest BCUT2D eigenvalue weighted by Crippen LogP contribution is -2.08. The van der Waals surface area contributed by atoms with E-state index in [1.54, 1.807) is 11.0 Å². The lowest BCUT2D eigenvalue weighted by Gasteiger charge is -2.16. The molecule has 1 aliphatic heterocycles. The fourth-order valence-corrected chi connectivity index (χ4v) is 4.84. The van der Waals surface area contributed by atoms with Crippen molar-refractivity contribution in [3.05, 3.63) is 95.3 Å². The van der Waals surface area contributed by atoms with Crippen LogP contribution >= 0.6 is 0 Å². The van der Waals surface area contributed by atoms with Crippen molar-refractivity contribution in [2.24, 2.45) is 0 Å². The Hall–Kier alpha value is -4.00. The number of hydrogen-bond acceptors (Lipinski definition) is 6. The van der Waals surface area contributed by atoms with Crippen molar-refractivity contribution in [2.75, 3.05) is 11.9 Å². The molecule has 0 spiro atoms. The van der Waals surface area contributed by atoms with E-state index in [0.717, 1.165) is 54.2 Å². The van der Waals surface area contributed by atoms with Crippen molar-refractivity contribution in [1.29, 1.82) is 0 Å². The zero-order chi connectivity index (χ0) is 22.9. The molecule has 0 saturated carbocycles. The van der Waals surface area contributed by atoms with Gasteiger partial charge >= 0.3 is 0 Å². The lowest BCUT2D eigenvalue weighted by atomic mass is 9.96. The largest absolute Gasteiger partial charge is 0.487 e. The summed E-state index contributed by atoms with van der Waals surface area (Å²) in [6.45, 7) is 2.36. The van der Waals surface area contributed by atoms with E-state index in [1.165, 1.54) is 11.1 Å². The molecule has 1 N–H and O–H groups in total. The Morgan fingerprint density at radius 2 is 1.94 bits per heavy atom. The number of aromatic nitrogens is 5. The Balaban J connectivity index is 1.41. The van der Waals surface area contributed by atoms with Crippen LogP contribution in [0.15, 0.2) is 67.0 Å². The summed E-state index contributed by atoms with van der Waals surface area (Å²) in [6, 6.07) is 16.6. The minimum atomic E-state index is 0.307. The zero-order valence-corrected chi connectivity index (χ0v) is 19.1. The van der Waals surface area contributed by atoms with Gasteiger partial charge in [-0.25, -0.2) is 19.6 Å². The molecule has 0 amide bonds. The highest BCUT2D eigenvalue weighted by molar-refractivity contribution is 5.62. The third-order valence-corrected chi connectivity index (χ3v) is 6.46. The number of rotatable bonds is 2. The number of nitrogens with one attached hydrogen (secondary N) is 1. The summed E-state index contributed by atoms with van der Waals surface area (Å²) in [7, 11) is 0. The van der Waals surface area contributed by atoms with Gasteiger partial charge < -0.3 is 10.1 Å². The van der Waals surface area contributed by atoms with Gasteiger partial charge in [-0.3, -0.25) is 0 Å². The normalized spacial score (nSPS) is 17.0. The van der Waals surface area contributed by atoms with Gasteiger partial charge in [0.05, 0.1) is 5.69 Å². The van der Waals surface area contributed by atoms with Gasteiger partial charge in [-0.05, 0) is 55.9 Å². The fourth-order valence-electron chi connectivity index (χ4n) is 4.84. The molecule has 170 valence electrons. The quantitative estimate of drug-likeness (QED) is 0.430. The van der Waals surface area contributed by atoms with Crippen molar-refractivity contribution in [1.82, 2.24) is 24.7 Å². The second kappa shape index (κ2) is 8.74. The van der Waals surface area contributed by atoms with Crippen LogP contribution in [-0.2, 0) is 12.8 Å². The molecule has 7 heteroatoms. The highest BCUT2D eigenvalue weighted by Crippen LogP contribution is 2.39. The minimum absolute atomic E-state index is 0.307. The molecule has 2 aromatic heterocycles. The third kappa shape index (κ3) is 3.94. The number of hydrogen-bond donors (Lipinski definition) is 1. The van der Waals surface area contributed by atoms with E-state index in [-0.39, 0.29) is 0 Å². The topological polar surface area (TPSA) is 77.8 Å². The standard InChI is InChI=1S/C27H26N6O/c1-18-28-17-33(32-18)24-14-11-20-16-25(24)34-15-7-3-6-10-23-22-13-12-21(19-8-4-2-5-9-19)26(22)31-27(29-20)30-23/h2-5,7-9,11,14,16-17,21H,6,10,12-13,15H2,1H3,(H,29,30,31). The average molecular weight is 451 g/mol. The average Bonchev–Trinajstić information content (AvgIpc) is 3.48. The second-order valence-electron chi connectivity index (χ2n) is 8.72. The number of aryl methyl sites for hydroxylation is 2. The summed E-state index contributed by atoms with van der Waals surface area (Å²) in [4.78, 5) is 14.2. The SMILES string of the molecule is Cc1ncn(-c2ccc3cc2OCC=CCCc2nc(nc4c2CCC4c2ccccc2)N3)n1. The van der Waals surface area contributed by atoms with Gasteiger partial charge in [0.2, 0.25) is 5.95 Å². The highest BCUT2D eigenvalue weighted by atomic mass is 16.5. The van der Waals surface area contributed by atoms with Crippen LogP contribution in [0.1, 0.15) is 47.1 Å². The number of benzene rings is 2. The van der Waals surface area contributed by atoms with Gasteiger partial charge in [-0.1, -0.05) is 42.5 Å². The maximum atomic E-state index is 6.11. The molecule has 1 aliphatic carbocycles. The first kappa shape index (κ1) is 20.6. The van der Waals surface area contributed by atoms with E-state index in [2.05, 4.69) is 57.9 Å². The van der Waals surface area contributed by atoms with Crippen LogP contribution in [0.5, 0.6) is 5.75 Å². The Labute approximate surface area is 198 Å². The van der Waals surface area contributed by atoms with Crippen LogP contribution < -0.4 is 10.1 Å². The molecule has 1 unspecified atom stereocenters. The number of ether oxygens (including phenoxy) is 1. The first-order chi connectivity index (χ1) is 16.7. The molecule has 4 aromatic rings. The van der Waals surface area contributed by atoms with E-state index in [1.807, 2.05) is 25.1 Å². The first-order valence-corrected chi connectivity index (χ1v) is 11.8. The van der Waals surface area contributed by atoms with Gasteiger partial charge in [-0.15, -0.1) is 0 Å². The van der Waals surface area contributed by atoms with Gasteiger partial charge in [0.25, 0.3) is 0 Å². The number of anilines is 2. The van der Waals surface area contributed by atoms with E-state index in [9.17, 15) is 0 Å². The van der Waals surface area contributed by atoms with E-state index >= 15 is 0 Å². The number of nitrogens with zero attached hydrogens (tertiary/aromatic N) is 5. The summed E-state index contributed by atoms with van der Waals surface area (Å²) >= 11 is 0. The summed E-state index contributed by atoms with van der Waals surface area (Å²) in [6.07, 6.45) is 9.84. The van der Waals surface area contributed by atoms with Gasteiger partial charge in [-0.2, -0.15) is 5.10 Å². The molecular weight excluding hydrogens is 424 g/mol. The minimum Gasteiger partial charge on any atom is -0.487 e. The van der Waals surface area contributed by atoms with Crippen LogP contribution in [0, 0.1) is 6.92 Å². The Morgan fingerprint density at radius 3 is 2.79 bits per heavy atom. The van der Waals surface area contributed by atoms with Crippen LogP contribution in [-0.4, -0.2) is 31.3 Å². The summed E-state index contributed by atoms with van der Waals surface area (Å²) in [5.74, 6) is 2.38. The predicted octanol–water partition coefficient (Wildman–Crippen LogP) is 5.07. The molecule has 2 aliphatic rings. The van der Waals surface area contributed by atoms with Gasteiger partial charge in [0.15, 0.2) is 0 Å². The van der Waals surface area contributed by atoms with E-state index in [0.29, 0.717) is 24.3 Å². The molecule has 0 fully saturated rings. The molecule has 1 atom stereocenters. The van der Waals surface area contributed by atoms with Crippen molar-refractivity contribution < 1.29 is 4.74 Å². The fraction of sp³-hybridized carbons (Fsp3) is 0.259. The monoisotopic (exact) mass is 450 g/mol.